The van der Waals surface area contributed by atoms with Crippen molar-refractivity contribution in [2.45, 2.75) is 27.2 Å². The minimum absolute atomic E-state index is 0.104. The van der Waals surface area contributed by atoms with Gasteiger partial charge in [-0.25, -0.2) is 0 Å². The fourth-order valence-electron chi connectivity index (χ4n) is 1.51. The van der Waals surface area contributed by atoms with Crippen LogP contribution in [-0.4, -0.2) is 41.4 Å². The van der Waals surface area contributed by atoms with Crippen LogP contribution in [-0.2, 0) is 11.2 Å². The van der Waals surface area contributed by atoms with Gasteiger partial charge in [-0.05, 0) is 29.9 Å². The lowest BCUT2D eigenvalue weighted by atomic mass is 10.2. The molecule has 0 N–H and O–H groups in total. The van der Waals surface area contributed by atoms with E-state index in [1.807, 2.05) is 57.1 Å². The van der Waals surface area contributed by atoms with Gasteiger partial charge in [0.15, 0.2) is 0 Å². The number of thioether (sulfide) groups is 1. The molecule has 0 aliphatic carbocycles. The van der Waals surface area contributed by atoms with E-state index in [1.54, 1.807) is 19.0 Å². The summed E-state index contributed by atoms with van der Waals surface area (Å²) >= 11 is 1.83. The number of carbonyl (C=O) groups excluding carboxylic acids is 1. The summed E-state index contributed by atoms with van der Waals surface area (Å²) in [6.07, 6.45) is 4.67. The van der Waals surface area contributed by atoms with E-state index in [0.717, 1.165) is 17.9 Å². The molecule has 0 aromatic carbocycles. The molecule has 0 spiro atoms. The number of hydrogen-bond donors (Lipinski definition) is 0. The van der Waals surface area contributed by atoms with Crippen molar-refractivity contribution in [2.75, 3.05) is 25.6 Å². The van der Waals surface area contributed by atoms with Gasteiger partial charge >= 0.3 is 0 Å². The Hall–Kier alpha value is -1.03. The molecule has 1 heterocycles. The van der Waals surface area contributed by atoms with Gasteiger partial charge in [0.1, 0.15) is 0 Å². The van der Waals surface area contributed by atoms with Crippen molar-refractivity contribution >= 4 is 17.7 Å². The highest BCUT2D eigenvalue weighted by Crippen LogP contribution is 2.12. The Bertz CT molecular complexity index is 341. The zero-order chi connectivity index (χ0) is 14.7. The van der Waals surface area contributed by atoms with Crippen LogP contribution in [0.3, 0.4) is 0 Å². The molecule has 0 saturated carbocycles. The Balaban J connectivity index is 0.00000154. The number of amides is 1. The van der Waals surface area contributed by atoms with Gasteiger partial charge in [0.2, 0.25) is 5.91 Å². The molecule has 1 aromatic rings. The number of hydrogen-bond acceptors (Lipinski definition) is 3. The molecule has 19 heavy (non-hydrogen) atoms. The highest BCUT2D eigenvalue weighted by Gasteiger charge is 2.14. The maximum Gasteiger partial charge on any atom is 0.225 e. The smallest absolute Gasteiger partial charge is 0.225 e. The Kier molecular flexibility index (Phi) is 10.3. The third kappa shape index (κ3) is 7.88. The quantitative estimate of drug-likeness (QED) is 0.752. The van der Waals surface area contributed by atoms with Gasteiger partial charge in [-0.3, -0.25) is 9.78 Å². The monoisotopic (exact) mass is 282 g/mol. The molecule has 1 aromatic heterocycles. The van der Waals surface area contributed by atoms with Crippen molar-refractivity contribution < 1.29 is 4.79 Å². The van der Waals surface area contributed by atoms with Crippen LogP contribution >= 0.6 is 11.8 Å². The minimum Gasteiger partial charge on any atom is -0.349 e. The van der Waals surface area contributed by atoms with Crippen LogP contribution in [0.2, 0.25) is 0 Å². The molecule has 0 saturated heterocycles. The number of aromatic nitrogens is 1. The molecular weight excluding hydrogens is 256 g/mol. The maximum atomic E-state index is 11.6. The lowest BCUT2D eigenvalue weighted by Crippen LogP contribution is -2.29. The number of carbonyl (C=O) groups is 1. The SMILES string of the molecule is CC.C[C@H](CSCCc1ccncc1)C(=O)N(C)C. The van der Waals surface area contributed by atoms with Crippen LogP contribution < -0.4 is 0 Å². The van der Waals surface area contributed by atoms with E-state index < -0.39 is 0 Å². The van der Waals surface area contributed by atoms with Crippen LogP contribution in [0.1, 0.15) is 26.3 Å². The third-order valence-corrected chi connectivity index (χ3v) is 3.74. The van der Waals surface area contributed by atoms with Crippen molar-refractivity contribution in [1.82, 2.24) is 9.88 Å². The standard InChI is InChI=1S/C13H20N2OS.C2H6/c1-11(13(16)15(2)3)10-17-9-6-12-4-7-14-8-5-12;1-2/h4-5,7-8,11H,6,9-10H2,1-3H3;1-2H3/t11-;/m1./s1. The van der Waals surface area contributed by atoms with Crippen molar-refractivity contribution in [2.24, 2.45) is 5.92 Å². The summed E-state index contributed by atoms with van der Waals surface area (Å²) in [6, 6.07) is 4.07. The second kappa shape index (κ2) is 10.9. The molecular formula is C15H26N2OS. The second-order valence-corrected chi connectivity index (χ2v) is 5.46. The maximum absolute atomic E-state index is 11.6. The fraction of sp³-hybridized carbons (Fsp3) is 0.600. The molecule has 0 bridgehead atoms. The highest BCUT2D eigenvalue weighted by molar-refractivity contribution is 7.99. The molecule has 0 radical (unpaired) electrons. The van der Waals surface area contributed by atoms with Crippen LogP contribution in [0.15, 0.2) is 24.5 Å². The minimum atomic E-state index is 0.104. The summed E-state index contributed by atoms with van der Waals surface area (Å²) in [7, 11) is 3.61. The Morgan fingerprint density at radius 1 is 1.32 bits per heavy atom. The molecule has 3 nitrogen and oxygen atoms in total. The third-order valence-electron chi connectivity index (χ3n) is 2.51. The first-order valence-corrected chi connectivity index (χ1v) is 7.94. The highest BCUT2D eigenvalue weighted by atomic mass is 32.2. The van der Waals surface area contributed by atoms with Crippen LogP contribution in [0.5, 0.6) is 0 Å². The lowest BCUT2D eigenvalue weighted by molar-refractivity contribution is -0.131. The zero-order valence-corrected chi connectivity index (χ0v) is 13.5. The largest absolute Gasteiger partial charge is 0.349 e. The van der Waals surface area contributed by atoms with E-state index >= 15 is 0 Å². The van der Waals surface area contributed by atoms with Crippen molar-refractivity contribution in [3.05, 3.63) is 30.1 Å². The molecule has 0 aliphatic rings. The zero-order valence-electron chi connectivity index (χ0n) is 12.7. The fourth-order valence-corrected chi connectivity index (χ4v) is 2.55. The van der Waals surface area contributed by atoms with Gasteiger partial charge in [-0.15, -0.1) is 0 Å². The second-order valence-electron chi connectivity index (χ2n) is 4.31. The van der Waals surface area contributed by atoms with E-state index in [4.69, 9.17) is 0 Å². The number of nitrogens with zero attached hydrogens (tertiary/aromatic N) is 2. The van der Waals surface area contributed by atoms with Gasteiger partial charge in [0, 0.05) is 38.2 Å². The summed E-state index contributed by atoms with van der Waals surface area (Å²) in [5.74, 6) is 2.26. The lowest BCUT2D eigenvalue weighted by Gasteiger charge is -2.16. The summed E-state index contributed by atoms with van der Waals surface area (Å²) < 4.78 is 0. The predicted molar refractivity (Wildman–Crippen MR) is 84.5 cm³/mol. The van der Waals surface area contributed by atoms with Gasteiger partial charge in [0.05, 0.1) is 0 Å². The van der Waals surface area contributed by atoms with Crippen molar-refractivity contribution in [3.8, 4) is 0 Å². The predicted octanol–water partition coefficient (Wildman–Crippen LogP) is 3.11. The summed E-state index contributed by atoms with van der Waals surface area (Å²) in [5, 5.41) is 0. The van der Waals surface area contributed by atoms with E-state index in [2.05, 4.69) is 4.98 Å². The molecule has 0 aliphatic heterocycles. The topological polar surface area (TPSA) is 33.2 Å². The summed E-state index contributed by atoms with van der Waals surface area (Å²) in [4.78, 5) is 17.3. The first-order chi connectivity index (χ1) is 9.11. The molecule has 0 unspecified atom stereocenters. The molecule has 1 rings (SSSR count). The number of rotatable bonds is 6. The Labute approximate surface area is 121 Å². The average Bonchev–Trinajstić information content (AvgIpc) is 2.45. The first-order valence-electron chi connectivity index (χ1n) is 6.79. The van der Waals surface area contributed by atoms with Gasteiger partial charge in [0.25, 0.3) is 0 Å². The van der Waals surface area contributed by atoms with Gasteiger partial charge in [-0.2, -0.15) is 11.8 Å². The summed E-state index contributed by atoms with van der Waals surface area (Å²) in [5.41, 5.74) is 1.30. The van der Waals surface area contributed by atoms with Crippen LogP contribution in [0, 0.1) is 5.92 Å². The number of pyridine rings is 1. The van der Waals surface area contributed by atoms with Gasteiger partial charge < -0.3 is 4.90 Å². The number of aryl methyl sites for hydroxylation is 1. The average molecular weight is 282 g/mol. The molecule has 108 valence electrons. The molecule has 1 amide bonds. The van der Waals surface area contributed by atoms with Crippen molar-refractivity contribution in [3.63, 3.8) is 0 Å². The van der Waals surface area contributed by atoms with Crippen LogP contribution in [0.4, 0.5) is 0 Å². The van der Waals surface area contributed by atoms with E-state index in [9.17, 15) is 4.79 Å². The Morgan fingerprint density at radius 2 is 1.89 bits per heavy atom. The van der Waals surface area contributed by atoms with E-state index in [1.165, 1.54) is 5.56 Å². The molecule has 1 atom stereocenters. The van der Waals surface area contributed by atoms with Crippen molar-refractivity contribution in [1.29, 1.82) is 0 Å². The molecule has 4 heteroatoms. The first kappa shape index (κ1) is 18.0. The van der Waals surface area contributed by atoms with E-state index in [-0.39, 0.29) is 11.8 Å². The van der Waals surface area contributed by atoms with Gasteiger partial charge in [-0.1, -0.05) is 20.8 Å². The Morgan fingerprint density at radius 3 is 2.42 bits per heavy atom. The van der Waals surface area contributed by atoms with Crippen LogP contribution in [0.25, 0.3) is 0 Å². The van der Waals surface area contributed by atoms with E-state index in [0.29, 0.717) is 0 Å². The molecule has 0 fully saturated rings. The summed E-state index contributed by atoms with van der Waals surface area (Å²) in [6.45, 7) is 5.99. The normalized spacial score (nSPS) is 11.2.